The first-order valence-corrected chi connectivity index (χ1v) is 3.19. The van der Waals surface area contributed by atoms with Crippen LogP contribution in [-0.4, -0.2) is 19.9 Å². The molecule has 1 fully saturated rings. The second-order valence-corrected chi connectivity index (χ2v) is 2.28. The third-order valence-corrected chi connectivity index (χ3v) is 1.51. The van der Waals surface area contributed by atoms with E-state index in [9.17, 15) is 8.63 Å². The van der Waals surface area contributed by atoms with Gasteiger partial charge in [-0.15, -0.1) is 0 Å². The molecule has 0 atom stereocenters. The van der Waals surface area contributed by atoms with E-state index in [2.05, 4.69) is 0 Å². The lowest BCUT2D eigenvalue weighted by atomic mass is 9.95. The molecule has 1 rings (SSSR count). The van der Waals surface area contributed by atoms with Gasteiger partial charge in [0.2, 0.25) is 0 Å². The van der Waals surface area contributed by atoms with Crippen LogP contribution in [0.1, 0.15) is 19.3 Å². The van der Waals surface area contributed by atoms with E-state index < -0.39 is 7.27 Å². The summed E-state index contributed by atoms with van der Waals surface area (Å²) in [4.78, 5) is 0. The molecule has 0 bridgehead atoms. The first kappa shape index (κ1) is 7.00. The highest BCUT2D eigenvalue weighted by molar-refractivity contribution is 6.42. The number of ether oxygens (including phenoxy) is 1. The van der Waals surface area contributed by atoms with Crippen LogP contribution in [0.15, 0.2) is 0 Å². The van der Waals surface area contributed by atoms with Crippen molar-refractivity contribution >= 4 is 7.27 Å². The van der Waals surface area contributed by atoms with Crippen LogP contribution in [0.2, 0.25) is 0 Å². The number of hydrogen-bond donors (Lipinski definition) is 0. The fourth-order valence-electron chi connectivity index (χ4n) is 0.746. The van der Waals surface area contributed by atoms with Crippen LogP contribution in [0.4, 0.5) is 8.63 Å². The average molecular weight is 134 g/mol. The zero-order chi connectivity index (χ0) is 6.69. The van der Waals surface area contributed by atoms with Crippen molar-refractivity contribution in [1.29, 1.82) is 0 Å². The van der Waals surface area contributed by atoms with E-state index in [1.165, 1.54) is 0 Å². The lowest BCUT2D eigenvalue weighted by Gasteiger charge is -2.24. The normalized spacial score (nSPS) is 19.3. The van der Waals surface area contributed by atoms with Gasteiger partial charge in [-0.1, -0.05) is 0 Å². The van der Waals surface area contributed by atoms with Crippen molar-refractivity contribution in [2.75, 3.05) is 6.51 Å². The first-order chi connectivity index (χ1) is 4.29. The Balaban J connectivity index is 1.91. The molecule has 0 aromatic rings. The van der Waals surface area contributed by atoms with Crippen LogP contribution in [0.3, 0.4) is 0 Å². The second-order valence-electron chi connectivity index (χ2n) is 2.28. The highest BCUT2D eigenvalue weighted by Crippen LogP contribution is 2.21. The lowest BCUT2D eigenvalue weighted by Crippen LogP contribution is -2.25. The van der Waals surface area contributed by atoms with Gasteiger partial charge in [0.05, 0.1) is 12.6 Å². The van der Waals surface area contributed by atoms with Gasteiger partial charge in [0.15, 0.2) is 0 Å². The molecule has 0 aromatic heterocycles. The van der Waals surface area contributed by atoms with Gasteiger partial charge in [0.1, 0.15) is 0 Å². The van der Waals surface area contributed by atoms with Gasteiger partial charge in [-0.2, -0.15) is 0 Å². The molecule has 0 aliphatic heterocycles. The van der Waals surface area contributed by atoms with Crippen molar-refractivity contribution in [3.05, 3.63) is 0 Å². The Kier molecular flexibility index (Phi) is 2.45. The molecule has 4 heteroatoms. The highest BCUT2D eigenvalue weighted by Gasteiger charge is 2.21. The van der Waals surface area contributed by atoms with Crippen molar-refractivity contribution in [1.82, 2.24) is 0 Å². The topological polar surface area (TPSA) is 9.23 Å². The first-order valence-electron chi connectivity index (χ1n) is 3.19. The van der Waals surface area contributed by atoms with Crippen molar-refractivity contribution < 1.29 is 13.4 Å². The molecule has 0 heterocycles. The molecular weight excluding hydrogens is 125 g/mol. The molecule has 1 aliphatic rings. The van der Waals surface area contributed by atoms with E-state index in [1.54, 1.807) is 0 Å². The Labute approximate surface area is 53.6 Å². The molecule has 0 N–H and O–H groups in total. The SMILES string of the molecule is FB(F)COC1CCC1. The monoisotopic (exact) mass is 134 g/mol. The predicted octanol–water partition coefficient (Wildman–Crippen LogP) is 1.52. The van der Waals surface area contributed by atoms with Crippen LogP contribution >= 0.6 is 0 Å². The number of halogens is 2. The second kappa shape index (κ2) is 3.15. The van der Waals surface area contributed by atoms with Crippen molar-refractivity contribution in [3.63, 3.8) is 0 Å². The molecule has 0 radical (unpaired) electrons. The summed E-state index contributed by atoms with van der Waals surface area (Å²) in [6, 6.07) is 0. The third kappa shape index (κ3) is 2.30. The summed E-state index contributed by atoms with van der Waals surface area (Å²) in [6.07, 6.45) is 3.20. The Morgan fingerprint density at radius 1 is 1.44 bits per heavy atom. The lowest BCUT2D eigenvalue weighted by molar-refractivity contribution is 0.0223. The highest BCUT2D eigenvalue weighted by atomic mass is 19.2. The zero-order valence-electron chi connectivity index (χ0n) is 5.15. The minimum Gasteiger partial charge on any atom is -0.380 e. The predicted molar refractivity (Wildman–Crippen MR) is 31.6 cm³/mol. The Morgan fingerprint density at radius 2 is 2.11 bits per heavy atom. The molecule has 1 aliphatic carbocycles. The molecule has 0 aromatic carbocycles. The Hall–Kier alpha value is -0.115. The van der Waals surface area contributed by atoms with E-state index in [0.29, 0.717) is 0 Å². The zero-order valence-corrected chi connectivity index (χ0v) is 5.15. The van der Waals surface area contributed by atoms with Crippen molar-refractivity contribution in [2.24, 2.45) is 0 Å². The van der Waals surface area contributed by atoms with Crippen LogP contribution < -0.4 is 0 Å². The molecule has 0 saturated heterocycles. The van der Waals surface area contributed by atoms with Crippen molar-refractivity contribution in [2.45, 2.75) is 25.4 Å². The maximum atomic E-state index is 11.4. The Bertz CT molecular complexity index is 85.0. The molecule has 0 spiro atoms. The molecule has 0 amide bonds. The van der Waals surface area contributed by atoms with Crippen LogP contribution in [0, 0.1) is 0 Å². The van der Waals surface area contributed by atoms with Crippen LogP contribution in [-0.2, 0) is 4.74 Å². The van der Waals surface area contributed by atoms with Crippen LogP contribution in [0.25, 0.3) is 0 Å². The van der Waals surface area contributed by atoms with Gasteiger partial charge >= 0.3 is 7.27 Å². The molecule has 52 valence electrons. The standard InChI is InChI=1S/C5H9BF2O/c7-6(8)4-9-5-2-1-3-5/h5H,1-4H2. The Morgan fingerprint density at radius 3 is 2.44 bits per heavy atom. The summed E-state index contributed by atoms with van der Waals surface area (Å²) >= 11 is 0. The van der Waals surface area contributed by atoms with Crippen LogP contribution in [0.5, 0.6) is 0 Å². The minimum atomic E-state index is -2.30. The number of rotatable bonds is 3. The molecule has 9 heavy (non-hydrogen) atoms. The maximum Gasteiger partial charge on any atom is 0.563 e. The largest absolute Gasteiger partial charge is 0.563 e. The van der Waals surface area contributed by atoms with Gasteiger partial charge in [-0.05, 0) is 19.3 Å². The van der Waals surface area contributed by atoms with Gasteiger partial charge in [-0.3, -0.25) is 8.63 Å². The average Bonchev–Trinajstić information content (AvgIpc) is 1.60. The summed E-state index contributed by atoms with van der Waals surface area (Å²) in [7, 11) is -2.30. The third-order valence-electron chi connectivity index (χ3n) is 1.51. The van der Waals surface area contributed by atoms with E-state index in [1.807, 2.05) is 0 Å². The van der Waals surface area contributed by atoms with Gasteiger partial charge in [0.25, 0.3) is 0 Å². The van der Waals surface area contributed by atoms with Gasteiger partial charge in [-0.25, -0.2) is 0 Å². The summed E-state index contributed by atoms with van der Waals surface area (Å²) in [6.45, 7) is -0.384. The summed E-state index contributed by atoms with van der Waals surface area (Å²) in [5.41, 5.74) is 0. The quantitative estimate of drug-likeness (QED) is 0.531. The fourth-order valence-corrected chi connectivity index (χ4v) is 0.746. The number of hydrogen-bond acceptors (Lipinski definition) is 1. The minimum absolute atomic E-state index is 0.138. The summed E-state index contributed by atoms with van der Waals surface area (Å²) in [5.74, 6) is 0. The van der Waals surface area contributed by atoms with E-state index in [4.69, 9.17) is 4.74 Å². The van der Waals surface area contributed by atoms with Gasteiger partial charge in [0, 0.05) is 0 Å². The summed E-state index contributed by atoms with van der Waals surface area (Å²) in [5, 5.41) is 0. The molecule has 1 nitrogen and oxygen atoms in total. The molecule has 0 unspecified atom stereocenters. The van der Waals surface area contributed by atoms with E-state index >= 15 is 0 Å². The molecule has 1 saturated carbocycles. The molecular formula is C5H9BF2O. The summed E-state index contributed by atoms with van der Waals surface area (Å²) < 4.78 is 27.7. The van der Waals surface area contributed by atoms with E-state index in [0.717, 1.165) is 19.3 Å². The fraction of sp³-hybridized carbons (Fsp3) is 1.00. The van der Waals surface area contributed by atoms with E-state index in [-0.39, 0.29) is 12.6 Å². The van der Waals surface area contributed by atoms with Gasteiger partial charge < -0.3 is 4.74 Å². The smallest absolute Gasteiger partial charge is 0.380 e. The maximum absolute atomic E-state index is 11.4. The van der Waals surface area contributed by atoms with Crippen molar-refractivity contribution in [3.8, 4) is 0 Å².